The third kappa shape index (κ3) is 3.39. The topological polar surface area (TPSA) is 87.6 Å². The van der Waals surface area contributed by atoms with Gasteiger partial charge in [-0.15, -0.1) is 15.6 Å². The van der Waals surface area contributed by atoms with Crippen LogP contribution < -0.4 is 4.31 Å². The number of sulfonamides is 1. The Balaban J connectivity index is 2.56. The van der Waals surface area contributed by atoms with Crippen LogP contribution in [0.5, 0.6) is 0 Å². The predicted octanol–water partition coefficient (Wildman–Crippen LogP) is 3.59. The number of carboxylic acid groups (broad SMARTS) is 1. The fourth-order valence-electron chi connectivity index (χ4n) is 1.73. The summed E-state index contributed by atoms with van der Waals surface area (Å²) in [6, 6.07) is 1.84. The zero-order valence-electron chi connectivity index (χ0n) is 12.9. The summed E-state index contributed by atoms with van der Waals surface area (Å²) in [6.07, 6.45) is -1.80. The van der Waals surface area contributed by atoms with Crippen LogP contribution in [0.15, 0.2) is 28.5 Å². The van der Waals surface area contributed by atoms with Gasteiger partial charge in [-0.1, -0.05) is 20.8 Å². The van der Waals surface area contributed by atoms with Gasteiger partial charge in [0.05, 0.1) is 10.6 Å². The monoisotopic (exact) mass is 376 g/mol. The molecule has 1 aromatic carbocycles. The second-order valence-electron chi connectivity index (χ2n) is 5.89. The highest BCUT2D eigenvalue weighted by molar-refractivity contribution is 7.93. The van der Waals surface area contributed by atoms with Crippen LogP contribution >= 0.6 is 11.3 Å². The van der Waals surface area contributed by atoms with Crippen molar-refractivity contribution in [2.45, 2.75) is 31.1 Å². The fraction of sp³-hybridized carbons (Fsp3) is 0.286. The van der Waals surface area contributed by atoms with Gasteiger partial charge in [0, 0.05) is 10.8 Å². The minimum absolute atomic E-state index is 0.0551. The van der Waals surface area contributed by atoms with Crippen LogP contribution in [0.3, 0.4) is 0 Å². The van der Waals surface area contributed by atoms with Crippen LogP contribution in [-0.2, 0) is 15.4 Å². The Kier molecular flexibility index (Phi) is 4.64. The third-order valence-corrected chi connectivity index (χ3v) is 5.64. The van der Waals surface area contributed by atoms with Gasteiger partial charge < -0.3 is 5.11 Å². The summed E-state index contributed by atoms with van der Waals surface area (Å²) in [5.74, 6) is -2.63. The van der Waals surface area contributed by atoms with Gasteiger partial charge >= 0.3 is 6.09 Å². The number of thiazole rings is 1. The van der Waals surface area contributed by atoms with Crippen molar-refractivity contribution in [3.05, 3.63) is 40.9 Å². The first-order chi connectivity index (χ1) is 10.9. The lowest BCUT2D eigenvalue weighted by Gasteiger charge is -2.17. The van der Waals surface area contributed by atoms with Gasteiger partial charge in [-0.05, 0) is 18.2 Å². The van der Waals surface area contributed by atoms with E-state index in [1.54, 1.807) is 5.38 Å². The third-order valence-electron chi connectivity index (χ3n) is 3.04. The number of amides is 1. The Bertz CT molecular complexity index is 888. The van der Waals surface area contributed by atoms with Crippen LogP contribution in [0.2, 0.25) is 0 Å². The van der Waals surface area contributed by atoms with Gasteiger partial charge in [0.2, 0.25) is 5.13 Å². The molecule has 2 rings (SSSR count). The van der Waals surface area contributed by atoms with E-state index in [0.717, 1.165) is 17.4 Å². The summed E-state index contributed by atoms with van der Waals surface area (Å²) in [5.41, 5.74) is 0.0965. The van der Waals surface area contributed by atoms with E-state index >= 15 is 0 Å². The maximum atomic E-state index is 13.3. The van der Waals surface area contributed by atoms with Gasteiger partial charge in [0.1, 0.15) is 0 Å². The normalized spacial score (nSPS) is 12.2. The van der Waals surface area contributed by atoms with Crippen molar-refractivity contribution in [3.8, 4) is 0 Å². The van der Waals surface area contributed by atoms with Gasteiger partial charge in [-0.2, -0.15) is 0 Å². The van der Waals surface area contributed by atoms with E-state index in [-0.39, 0.29) is 9.44 Å². The van der Waals surface area contributed by atoms with Crippen molar-refractivity contribution in [2.24, 2.45) is 0 Å². The summed E-state index contributed by atoms with van der Waals surface area (Å²) < 4.78 is 51.4. The summed E-state index contributed by atoms with van der Waals surface area (Å²) in [5, 5.41) is 10.6. The molecule has 0 saturated heterocycles. The average molecular weight is 376 g/mol. The molecule has 24 heavy (non-hydrogen) atoms. The van der Waals surface area contributed by atoms with Gasteiger partial charge in [-0.3, -0.25) is 0 Å². The quantitative estimate of drug-likeness (QED) is 0.884. The predicted molar refractivity (Wildman–Crippen MR) is 84.9 cm³/mol. The number of aromatic nitrogens is 1. The maximum absolute atomic E-state index is 13.3. The summed E-state index contributed by atoms with van der Waals surface area (Å²) in [4.78, 5) is 14.8. The molecule has 130 valence electrons. The standard InChI is InChI=1S/C14H14F2N2O4S2/c1-14(2,3)11-7-23-12(17-11)18(13(19)20)24(21,22)8-4-5-9(15)10(16)6-8/h4-7H,1-3H3,(H,19,20). The summed E-state index contributed by atoms with van der Waals surface area (Å²) in [6.45, 7) is 5.50. The van der Waals surface area contributed by atoms with Gasteiger partial charge in [0.25, 0.3) is 10.0 Å². The Morgan fingerprint density at radius 1 is 1.25 bits per heavy atom. The first kappa shape index (κ1) is 18.3. The molecule has 1 heterocycles. The number of nitrogens with zero attached hydrogens (tertiary/aromatic N) is 2. The van der Waals surface area contributed by atoms with Gasteiger partial charge in [0.15, 0.2) is 11.6 Å². The van der Waals surface area contributed by atoms with E-state index in [4.69, 9.17) is 0 Å². The molecule has 1 amide bonds. The van der Waals surface area contributed by atoms with Crippen LogP contribution in [0.4, 0.5) is 18.7 Å². The van der Waals surface area contributed by atoms with Crippen LogP contribution in [0, 0.1) is 11.6 Å². The molecule has 0 fully saturated rings. The van der Waals surface area contributed by atoms with Crippen molar-refractivity contribution in [3.63, 3.8) is 0 Å². The number of halogens is 2. The number of benzene rings is 1. The largest absolute Gasteiger partial charge is 0.464 e. The lowest BCUT2D eigenvalue weighted by atomic mass is 9.93. The molecule has 0 aliphatic heterocycles. The van der Waals surface area contributed by atoms with Crippen molar-refractivity contribution in [1.29, 1.82) is 0 Å². The molecule has 1 N–H and O–H groups in total. The SMILES string of the molecule is CC(C)(C)c1csc(N(C(=O)O)S(=O)(=O)c2ccc(F)c(F)c2)n1. The molecule has 2 aromatic rings. The van der Waals surface area contributed by atoms with E-state index in [1.807, 2.05) is 20.8 Å². The maximum Gasteiger partial charge on any atom is 0.428 e. The molecule has 0 aliphatic carbocycles. The molecule has 0 bridgehead atoms. The van der Waals surface area contributed by atoms with Gasteiger partial charge in [-0.25, -0.2) is 27.0 Å². The summed E-state index contributed by atoms with van der Waals surface area (Å²) in [7, 11) is -4.65. The molecule has 1 aromatic heterocycles. The van der Waals surface area contributed by atoms with Crippen molar-refractivity contribution in [1.82, 2.24) is 4.98 Å². The van der Waals surface area contributed by atoms with Crippen LogP contribution in [0.25, 0.3) is 0 Å². The molecule has 10 heteroatoms. The minimum atomic E-state index is -4.65. The Hall–Kier alpha value is -2.07. The highest BCUT2D eigenvalue weighted by Crippen LogP contribution is 2.32. The van der Waals surface area contributed by atoms with Crippen molar-refractivity contribution < 1.29 is 27.1 Å². The van der Waals surface area contributed by atoms with E-state index in [1.165, 1.54) is 0 Å². The van der Waals surface area contributed by atoms with E-state index in [2.05, 4.69) is 4.98 Å². The Morgan fingerprint density at radius 3 is 2.33 bits per heavy atom. The lowest BCUT2D eigenvalue weighted by Crippen LogP contribution is -2.36. The smallest absolute Gasteiger partial charge is 0.428 e. The van der Waals surface area contributed by atoms with Crippen molar-refractivity contribution >= 4 is 32.6 Å². The molecule has 0 spiro atoms. The number of hydrogen-bond donors (Lipinski definition) is 1. The minimum Gasteiger partial charge on any atom is -0.464 e. The molecule has 0 aliphatic rings. The number of hydrogen-bond acceptors (Lipinski definition) is 5. The molecule has 0 unspecified atom stereocenters. The first-order valence-electron chi connectivity index (χ1n) is 6.64. The van der Waals surface area contributed by atoms with Crippen LogP contribution in [0.1, 0.15) is 26.5 Å². The molecular formula is C14H14F2N2O4S2. The molecule has 0 saturated carbocycles. The molecule has 6 nitrogen and oxygen atoms in total. The Morgan fingerprint density at radius 2 is 1.88 bits per heavy atom. The summed E-state index contributed by atoms with van der Waals surface area (Å²) >= 11 is 0.829. The second-order valence-corrected chi connectivity index (χ2v) is 8.52. The fourth-order valence-corrected chi connectivity index (χ4v) is 4.26. The highest BCUT2D eigenvalue weighted by atomic mass is 32.2. The van der Waals surface area contributed by atoms with E-state index < -0.39 is 38.1 Å². The highest BCUT2D eigenvalue weighted by Gasteiger charge is 2.34. The number of carbonyl (C=O) groups is 1. The molecular weight excluding hydrogens is 362 g/mol. The van der Waals surface area contributed by atoms with E-state index in [0.29, 0.717) is 17.8 Å². The first-order valence-corrected chi connectivity index (χ1v) is 8.96. The zero-order valence-corrected chi connectivity index (χ0v) is 14.6. The van der Waals surface area contributed by atoms with E-state index in [9.17, 15) is 27.1 Å². The number of anilines is 1. The molecule has 0 radical (unpaired) electrons. The second kappa shape index (κ2) is 6.10. The average Bonchev–Trinajstić information content (AvgIpc) is 2.90. The van der Waals surface area contributed by atoms with Crippen LogP contribution in [-0.4, -0.2) is 24.6 Å². The Labute approximate surface area is 141 Å². The van der Waals surface area contributed by atoms with Crippen molar-refractivity contribution in [2.75, 3.05) is 4.31 Å². The number of rotatable bonds is 3. The molecule has 0 atom stereocenters. The zero-order chi connectivity index (χ0) is 18.3. The lowest BCUT2D eigenvalue weighted by molar-refractivity contribution is 0.206.